The molecule has 0 spiro atoms. The summed E-state index contributed by atoms with van der Waals surface area (Å²) >= 11 is 0. The molecule has 1 nitrogen and oxygen atoms in total. The SMILES string of the molecule is CCc1ccccc1N(c1ccccc1)c1ccc(-c2ccc3c(c2)-c2ccccc2C3)cc1. The molecule has 0 unspecified atom stereocenters. The second-order valence-electron chi connectivity index (χ2n) is 8.91. The zero-order valence-corrected chi connectivity index (χ0v) is 19.4. The molecule has 0 aliphatic heterocycles. The molecule has 0 atom stereocenters. The van der Waals surface area contributed by atoms with Gasteiger partial charge in [0.05, 0.1) is 0 Å². The van der Waals surface area contributed by atoms with Gasteiger partial charge in [-0.1, -0.05) is 91.9 Å². The highest BCUT2D eigenvalue weighted by atomic mass is 15.1. The van der Waals surface area contributed by atoms with Gasteiger partial charge in [0.25, 0.3) is 0 Å². The van der Waals surface area contributed by atoms with Gasteiger partial charge in [-0.25, -0.2) is 0 Å². The van der Waals surface area contributed by atoms with Crippen LogP contribution >= 0.6 is 0 Å². The van der Waals surface area contributed by atoms with Crippen LogP contribution in [0.2, 0.25) is 0 Å². The van der Waals surface area contributed by atoms with Crippen molar-refractivity contribution in [1.82, 2.24) is 0 Å². The molecule has 164 valence electrons. The lowest BCUT2D eigenvalue weighted by atomic mass is 9.98. The summed E-state index contributed by atoms with van der Waals surface area (Å²) in [5, 5.41) is 0. The summed E-state index contributed by atoms with van der Waals surface area (Å²) in [5.74, 6) is 0. The molecule has 0 radical (unpaired) electrons. The van der Waals surface area contributed by atoms with E-state index >= 15 is 0 Å². The third-order valence-corrected chi connectivity index (χ3v) is 6.88. The number of benzene rings is 5. The molecule has 0 saturated carbocycles. The fourth-order valence-electron chi connectivity index (χ4n) is 5.14. The molecule has 0 bridgehead atoms. The second kappa shape index (κ2) is 8.68. The summed E-state index contributed by atoms with van der Waals surface area (Å²) in [6.07, 6.45) is 2.03. The minimum atomic E-state index is 0.994. The molecule has 0 heterocycles. The van der Waals surface area contributed by atoms with Crippen LogP contribution in [0.15, 0.2) is 121 Å². The minimum Gasteiger partial charge on any atom is -0.310 e. The summed E-state index contributed by atoms with van der Waals surface area (Å²) in [5.41, 5.74) is 13.0. The maximum absolute atomic E-state index is 2.36. The van der Waals surface area contributed by atoms with Crippen molar-refractivity contribution in [3.63, 3.8) is 0 Å². The maximum Gasteiger partial charge on any atom is 0.0493 e. The first-order valence-corrected chi connectivity index (χ1v) is 12.1. The molecular formula is C33H27N. The average Bonchev–Trinajstić information content (AvgIpc) is 3.28. The topological polar surface area (TPSA) is 3.24 Å². The zero-order chi connectivity index (χ0) is 22.9. The largest absolute Gasteiger partial charge is 0.310 e. The molecule has 0 fully saturated rings. The van der Waals surface area contributed by atoms with Crippen LogP contribution in [0, 0.1) is 0 Å². The van der Waals surface area contributed by atoms with Gasteiger partial charge in [0.2, 0.25) is 0 Å². The molecule has 0 N–H and O–H groups in total. The Labute approximate surface area is 202 Å². The van der Waals surface area contributed by atoms with Gasteiger partial charge < -0.3 is 4.90 Å². The van der Waals surface area contributed by atoms with Gasteiger partial charge in [-0.15, -0.1) is 0 Å². The third-order valence-electron chi connectivity index (χ3n) is 6.88. The molecule has 6 rings (SSSR count). The van der Waals surface area contributed by atoms with Gasteiger partial charge in [-0.05, 0) is 88.2 Å². The normalized spacial score (nSPS) is 11.7. The Morgan fingerprint density at radius 3 is 2.03 bits per heavy atom. The van der Waals surface area contributed by atoms with Crippen LogP contribution in [0.3, 0.4) is 0 Å². The van der Waals surface area contributed by atoms with E-state index in [0.29, 0.717) is 0 Å². The predicted molar refractivity (Wildman–Crippen MR) is 144 cm³/mol. The highest BCUT2D eigenvalue weighted by Gasteiger charge is 2.19. The monoisotopic (exact) mass is 437 g/mol. The van der Waals surface area contributed by atoms with E-state index < -0.39 is 0 Å². The van der Waals surface area contributed by atoms with E-state index in [2.05, 4.69) is 133 Å². The summed E-state index contributed by atoms with van der Waals surface area (Å²) in [4.78, 5) is 2.36. The number of rotatable bonds is 5. The number of para-hydroxylation sites is 2. The van der Waals surface area contributed by atoms with Crippen molar-refractivity contribution in [2.45, 2.75) is 19.8 Å². The van der Waals surface area contributed by atoms with E-state index in [-0.39, 0.29) is 0 Å². The van der Waals surface area contributed by atoms with Crippen LogP contribution in [-0.2, 0) is 12.8 Å². The van der Waals surface area contributed by atoms with E-state index in [1.807, 2.05) is 0 Å². The lowest BCUT2D eigenvalue weighted by Gasteiger charge is -2.27. The fraction of sp³-hybridized carbons (Fsp3) is 0.0909. The number of hydrogen-bond donors (Lipinski definition) is 0. The second-order valence-corrected chi connectivity index (χ2v) is 8.91. The maximum atomic E-state index is 2.36. The summed E-state index contributed by atoms with van der Waals surface area (Å²) in [7, 11) is 0. The van der Waals surface area contributed by atoms with Gasteiger partial charge in [0, 0.05) is 17.1 Å². The first-order valence-electron chi connectivity index (χ1n) is 12.1. The van der Waals surface area contributed by atoms with Crippen molar-refractivity contribution < 1.29 is 0 Å². The van der Waals surface area contributed by atoms with Crippen LogP contribution in [0.1, 0.15) is 23.6 Å². The van der Waals surface area contributed by atoms with E-state index in [4.69, 9.17) is 0 Å². The molecule has 1 aliphatic rings. The lowest BCUT2D eigenvalue weighted by molar-refractivity contribution is 1.11. The van der Waals surface area contributed by atoms with Crippen LogP contribution < -0.4 is 4.90 Å². The van der Waals surface area contributed by atoms with Crippen molar-refractivity contribution in [2.75, 3.05) is 4.90 Å². The number of aryl methyl sites for hydroxylation is 1. The van der Waals surface area contributed by atoms with Crippen LogP contribution in [0.4, 0.5) is 17.1 Å². The summed E-state index contributed by atoms with van der Waals surface area (Å²) in [6, 6.07) is 44.0. The van der Waals surface area contributed by atoms with E-state index in [0.717, 1.165) is 12.8 Å². The highest BCUT2D eigenvalue weighted by Crippen LogP contribution is 2.40. The molecule has 0 aromatic heterocycles. The van der Waals surface area contributed by atoms with Gasteiger partial charge in [0.15, 0.2) is 0 Å². The van der Waals surface area contributed by atoms with E-state index in [1.54, 1.807) is 0 Å². The summed E-state index contributed by atoms with van der Waals surface area (Å²) in [6.45, 7) is 2.22. The standard InChI is InChI=1S/C33H27N/c1-2-24-10-7-9-15-33(24)34(29-12-4-3-5-13-29)30-20-18-25(19-21-30)26-16-17-28-22-27-11-6-8-14-31(27)32(28)23-26/h3-21,23H,2,22H2,1H3. The number of fused-ring (bicyclic) bond motifs is 3. The van der Waals surface area contributed by atoms with E-state index in [1.165, 1.54) is 56.0 Å². The summed E-state index contributed by atoms with van der Waals surface area (Å²) < 4.78 is 0. The van der Waals surface area contributed by atoms with Crippen LogP contribution in [0.5, 0.6) is 0 Å². The van der Waals surface area contributed by atoms with Crippen LogP contribution in [-0.4, -0.2) is 0 Å². The van der Waals surface area contributed by atoms with E-state index in [9.17, 15) is 0 Å². The predicted octanol–water partition coefficient (Wildman–Crippen LogP) is 8.96. The Bertz CT molecular complexity index is 1450. The smallest absolute Gasteiger partial charge is 0.0493 e. The van der Waals surface area contributed by atoms with Crippen molar-refractivity contribution in [3.8, 4) is 22.3 Å². The quantitative estimate of drug-likeness (QED) is 0.260. The first kappa shape index (κ1) is 20.5. The Kier molecular flexibility index (Phi) is 5.24. The third kappa shape index (κ3) is 3.60. The Morgan fingerprint density at radius 1 is 0.559 bits per heavy atom. The minimum absolute atomic E-state index is 0.994. The zero-order valence-electron chi connectivity index (χ0n) is 19.4. The molecule has 5 aromatic carbocycles. The van der Waals surface area contributed by atoms with Crippen LogP contribution in [0.25, 0.3) is 22.3 Å². The van der Waals surface area contributed by atoms with Crippen molar-refractivity contribution in [1.29, 1.82) is 0 Å². The lowest BCUT2D eigenvalue weighted by Crippen LogP contribution is -2.11. The number of nitrogens with zero attached hydrogens (tertiary/aromatic N) is 1. The molecule has 1 heteroatoms. The Morgan fingerprint density at radius 2 is 1.21 bits per heavy atom. The Hall–Kier alpha value is -4.10. The Balaban J connectivity index is 1.40. The average molecular weight is 438 g/mol. The molecule has 0 amide bonds. The highest BCUT2D eigenvalue weighted by molar-refractivity contribution is 5.83. The molecule has 34 heavy (non-hydrogen) atoms. The van der Waals surface area contributed by atoms with Crippen molar-refractivity contribution >= 4 is 17.1 Å². The van der Waals surface area contributed by atoms with Gasteiger partial charge in [0.1, 0.15) is 0 Å². The molecule has 1 aliphatic carbocycles. The number of anilines is 3. The molecule has 5 aromatic rings. The fourth-order valence-corrected chi connectivity index (χ4v) is 5.14. The number of hydrogen-bond acceptors (Lipinski definition) is 1. The van der Waals surface area contributed by atoms with Gasteiger partial charge >= 0.3 is 0 Å². The molecule has 0 saturated heterocycles. The van der Waals surface area contributed by atoms with Crippen molar-refractivity contribution in [2.24, 2.45) is 0 Å². The molecular weight excluding hydrogens is 410 g/mol. The first-order chi connectivity index (χ1) is 16.8. The van der Waals surface area contributed by atoms with Crippen molar-refractivity contribution in [3.05, 3.63) is 138 Å². The van der Waals surface area contributed by atoms with Gasteiger partial charge in [-0.3, -0.25) is 0 Å². The van der Waals surface area contributed by atoms with Gasteiger partial charge in [-0.2, -0.15) is 0 Å².